The summed E-state index contributed by atoms with van der Waals surface area (Å²) in [5.41, 5.74) is 3.28. The van der Waals surface area contributed by atoms with Crippen LogP contribution in [0.25, 0.3) is 5.52 Å². The summed E-state index contributed by atoms with van der Waals surface area (Å²) in [6.45, 7) is 2.28. The summed E-state index contributed by atoms with van der Waals surface area (Å²) < 4.78 is 3.23. The molecule has 0 saturated heterocycles. The summed E-state index contributed by atoms with van der Waals surface area (Å²) in [5.74, 6) is 0.646. The van der Waals surface area contributed by atoms with E-state index in [4.69, 9.17) is 11.6 Å². The van der Waals surface area contributed by atoms with E-state index in [9.17, 15) is 4.79 Å². The molecule has 1 aliphatic heterocycles. The van der Waals surface area contributed by atoms with Crippen molar-refractivity contribution in [2.75, 3.05) is 6.54 Å². The van der Waals surface area contributed by atoms with Gasteiger partial charge in [0.15, 0.2) is 0 Å². The first kappa shape index (κ1) is 16.9. The van der Waals surface area contributed by atoms with Crippen LogP contribution < -0.4 is 0 Å². The molecule has 9 nitrogen and oxygen atoms in total. The summed E-state index contributed by atoms with van der Waals surface area (Å²) in [4.78, 5) is 27.0. The van der Waals surface area contributed by atoms with Crippen LogP contribution in [0.4, 0.5) is 0 Å². The van der Waals surface area contributed by atoms with Crippen molar-refractivity contribution in [2.45, 2.75) is 19.4 Å². The van der Waals surface area contributed by atoms with Crippen molar-refractivity contribution in [1.82, 2.24) is 39.2 Å². The number of imidazole rings is 1. The Kier molecular flexibility index (Phi) is 3.73. The highest BCUT2D eigenvalue weighted by Crippen LogP contribution is 2.34. The van der Waals surface area contributed by atoms with Gasteiger partial charge in [-0.1, -0.05) is 11.6 Å². The molecule has 0 aliphatic carbocycles. The molecule has 0 radical (unpaired) electrons. The van der Waals surface area contributed by atoms with E-state index in [0.717, 1.165) is 16.9 Å². The highest BCUT2D eigenvalue weighted by Gasteiger charge is 2.37. The zero-order valence-corrected chi connectivity index (χ0v) is 16.1. The van der Waals surface area contributed by atoms with E-state index in [0.29, 0.717) is 35.3 Å². The molecule has 0 bridgehead atoms. The Morgan fingerprint density at radius 2 is 2.21 bits per heavy atom. The molecule has 10 heteroatoms. The van der Waals surface area contributed by atoms with Gasteiger partial charge in [-0.2, -0.15) is 10.2 Å². The Balaban J connectivity index is 1.65. The van der Waals surface area contributed by atoms with E-state index in [-0.39, 0.29) is 5.91 Å². The number of H-pyrrole nitrogens is 1. The number of halogens is 1. The SMILES string of the molecule is Cc1nc(C(=O)N2CCc3[nH]cnc3[C@H]2c2cc3c(Cl)cccn3n2)n(C)n1. The number of aromatic nitrogens is 7. The number of fused-ring (bicyclic) bond motifs is 2. The predicted octanol–water partition coefficient (Wildman–Crippen LogP) is 1.94. The Morgan fingerprint density at radius 1 is 1.36 bits per heavy atom. The lowest BCUT2D eigenvalue weighted by Gasteiger charge is -2.33. The van der Waals surface area contributed by atoms with Crippen LogP contribution in [-0.2, 0) is 13.5 Å². The zero-order valence-electron chi connectivity index (χ0n) is 15.3. The van der Waals surface area contributed by atoms with Gasteiger partial charge in [0.2, 0.25) is 5.82 Å². The topological polar surface area (TPSA) is 97.0 Å². The van der Waals surface area contributed by atoms with Crippen molar-refractivity contribution in [1.29, 1.82) is 0 Å². The van der Waals surface area contributed by atoms with Crippen molar-refractivity contribution < 1.29 is 4.79 Å². The van der Waals surface area contributed by atoms with E-state index in [1.54, 1.807) is 29.7 Å². The van der Waals surface area contributed by atoms with Gasteiger partial charge in [-0.15, -0.1) is 0 Å². The largest absolute Gasteiger partial charge is 0.348 e. The molecule has 0 unspecified atom stereocenters. The van der Waals surface area contributed by atoms with E-state index >= 15 is 0 Å². The fourth-order valence-electron chi connectivity index (χ4n) is 3.76. The third kappa shape index (κ3) is 2.50. The fraction of sp³-hybridized carbons (Fsp3) is 0.278. The van der Waals surface area contributed by atoms with Gasteiger partial charge in [0.1, 0.15) is 11.9 Å². The normalized spacial score (nSPS) is 16.5. The Bertz CT molecular complexity index is 1210. The number of aryl methyl sites for hydroxylation is 2. The van der Waals surface area contributed by atoms with Gasteiger partial charge >= 0.3 is 0 Å². The molecule has 4 aromatic heterocycles. The summed E-state index contributed by atoms with van der Waals surface area (Å²) in [7, 11) is 1.72. The number of carbonyl (C=O) groups excluding carboxylic acids is 1. The third-order valence-corrected chi connectivity index (χ3v) is 5.31. The molecule has 1 aliphatic rings. The average Bonchev–Trinajstić information content (AvgIpc) is 3.38. The number of amides is 1. The highest BCUT2D eigenvalue weighted by atomic mass is 35.5. The minimum atomic E-state index is -0.435. The van der Waals surface area contributed by atoms with E-state index in [1.807, 2.05) is 24.4 Å². The summed E-state index contributed by atoms with van der Waals surface area (Å²) in [6, 6.07) is 5.11. The third-order valence-electron chi connectivity index (χ3n) is 5.00. The molecule has 1 N–H and O–H groups in total. The van der Waals surface area contributed by atoms with Crippen molar-refractivity contribution in [3.05, 3.63) is 64.5 Å². The van der Waals surface area contributed by atoms with E-state index in [1.165, 1.54) is 4.68 Å². The van der Waals surface area contributed by atoms with Crippen molar-refractivity contribution >= 4 is 23.0 Å². The molecular weight excluding hydrogens is 380 g/mol. The quantitative estimate of drug-likeness (QED) is 0.558. The minimum Gasteiger partial charge on any atom is -0.348 e. The van der Waals surface area contributed by atoms with Gasteiger partial charge in [-0.3, -0.25) is 4.79 Å². The Hall–Kier alpha value is -3.20. The van der Waals surface area contributed by atoms with Crippen molar-refractivity contribution in [3.63, 3.8) is 0 Å². The molecule has 0 spiro atoms. The second kappa shape index (κ2) is 6.16. The number of carbonyl (C=O) groups is 1. The number of nitrogens with one attached hydrogen (secondary N) is 1. The van der Waals surface area contributed by atoms with Crippen LogP contribution in [0, 0.1) is 6.92 Å². The fourth-order valence-corrected chi connectivity index (χ4v) is 3.97. The molecule has 1 atom stereocenters. The van der Waals surface area contributed by atoms with Crippen LogP contribution >= 0.6 is 11.6 Å². The van der Waals surface area contributed by atoms with Crippen LogP contribution in [0.1, 0.15) is 39.6 Å². The van der Waals surface area contributed by atoms with Gasteiger partial charge in [-0.25, -0.2) is 19.2 Å². The first-order valence-electron chi connectivity index (χ1n) is 8.87. The van der Waals surface area contributed by atoms with Crippen molar-refractivity contribution in [2.24, 2.45) is 7.05 Å². The lowest BCUT2D eigenvalue weighted by atomic mass is 9.99. The van der Waals surface area contributed by atoms with Crippen molar-refractivity contribution in [3.8, 4) is 0 Å². The minimum absolute atomic E-state index is 0.204. The van der Waals surface area contributed by atoms with Gasteiger partial charge in [0.05, 0.1) is 28.3 Å². The van der Waals surface area contributed by atoms with Crippen LogP contribution in [0.5, 0.6) is 0 Å². The van der Waals surface area contributed by atoms with Crippen LogP contribution in [0.3, 0.4) is 0 Å². The molecule has 4 aromatic rings. The van der Waals surface area contributed by atoms with Crippen LogP contribution in [0.2, 0.25) is 5.02 Å². The number of nitrogens with zero attached hydrogens (tertiary/aromatic N) is 7. The Labute approximate surface area is 165 Å². The Morgan fingerprint density at radius 3 is 2.96 bits per heavy atom. The molecule has 28 heavy (non-hydrogen) atoms. The standard InChI is InChI=1S/C18H17ClN8O/c1-10-22-17(25(2)23-10)18(28)26-7-5-12-15(21-9-20-12)16(26)13-8-14-11(19)4-3-6-27(14)24-13/h3-4,6,8-9,16H,5,7H2,1-2H3,(H,20,21)/t16-/m1/s1. The number of hydrogen-bond donors (Lipinski definition) is 1. The second-order valence-electron chi connectivity index (χ2n) is 6.78. The molecule has 5 rings (SSSR count). The maximum absolute atomic E-state index is 13.3. The smallest absolute Gasteiger partial charge is 0.292 e. The number of pyridine rings is 1. The highest BCUT2D eigenvalue weighted by molar-refractivity contribution is 6.33. The van der Waals surface area contributed by atoms with E-state index < -0.39 is 6.04 Å². The van der Waals surface area contributed by atoms with Gasteiger partial charge in [0, 0.05) is 31.9 Å². The predicted molar refractivity (Wildman–Crippen MR) is 101 cm³/mol. The summed E-state index contributed by atoms with van der Waals surface area (Å²) >= 11 is 6.32. The molecule has 0 fully saturated rings. The average molecular weight is 397 g/mol. The second-order valence-corrected chi connectivity index (χ2v) is 7.19. The molecular formula is C18H17ClN8O. The molecule has 5 heterocycles. The maximum Gasteiger partial charge on any atom is 0.292 e. The maximum atomic E-state index is 13.3. The summed E-state index contributed by atoms with van der Waals surface area (Å²) in [6.07, 6.45) is 4.17. The van der Waals surface area contributed by atoms with Crippen LogP contribution in [-0.4, -0.2) is 51.7 Å². The first-order chi connectivity index (χ1) is 13.5. The lowest BCUT2D eigenvalue weighted by molar-refractivity contribution is 0.0669. The van der Waals surface area contributed by atoms with Crippen LogP contribution in [0.15, 0.2) is 30.7 Å². The van der Waals surface area contributed by atoms with E-state index in [2.05, 4.69) is 25.1 Å². The number of aromatic amines is 1. The molecule has 0 saturated carbocycles. The monoisotopic (exact) mass is 396 g/mol. The zero-order chi connectivity index (χ0) is 19.4. The summed E-state index contributed by atoms with van der Waals surface area (Å²) in [5, 5.41) is 9.47. The number of hydrogen-bond acceptors (Lipinski definition) is 5. The van der Waals surface area contributed by atoms with Gasteiger partial charge in [-0.05, 0) is 25.1 Å². The molecule has 1 amide bonds. The van der Waals surface area contributed by atoms with Gasteiger partial charge in [0.25, 0.3) is 5.91 Å². The molecule has 0 aromatic carbocycles. The number of rotatable bonds is 2. The lowest BCUT2D eigenvalue weighted by Crippen LogP contribution is -2.42. The first-order valence-corrected chi connectivity index (χ1v) is 9.25. The van der Waals surface area contributed by atoms with Gasteiger partial charge < -0.3 is 9.88 Å². The molecule has 142 valence electrons.